The second kappa shape index (κ2) is 9.47. The predicted molar refractivity (Wildman–Crippen MR) is 134 cm³/mol. The lowest BCUT2D eigenvalue weighted by Crippen LogP contribution is -1.96. The molecule has 3 aromatic carbocycles. The molecule has 2 N–H and O–H groups in total. The summed E-state index contributed by atoms with van der Waals surface area (Å²) in [4.78, 5) is 14.4. The molecule has 1 heterocycles. The van der Waals surface area contributed by atoms with Gasteiger partial charge in [-0.05, 0) is 65.1 Å². The van der Waals surface area contributed by atoms with Crippen molar-refractivity contribution in [3.05, 3.63) is 111 Å². The van der Waals surface area contributed by atoms with E-state index in [2.05, 4.69) is 24.0 Å². The highest BCUT2D eigenvalue weighted by molar-refractivity contribution is 6.34. The monoisotopic (exact) mass is 461 g/mol. The fraction of sp³-hybridized carbons (Fsp3) is 0.0741. The third-order valence-corrected chi connectivity index (χ3v) is 5.89. The molecule has 0 saturated carbocycles. The molecule has 4 rings (SSSR count). The van der Waals surface area contributed by atoms with Gasteiger partial charge < -0.3 is 10.1 Å². The molecule has 0 amide bonds. The topological polar surface area (TPSA) is 53.1 Å². The number of aliphatic carboxylic acids is 1. The van der Waals surface area contributed by atoms with Crippen LogP contribution in [-0.2, 0) is 4.79 Å². The molecular weight excluding hydrogens is 441 g/mol. The average molecular weight is 462 g/mol. The summed E-state index contributed by atoms with van der Waals surface area (Å²) in [7, 11) is 0. The zero-order valence-electron chi connectivity index (χ0n) is 17.4. The van der Waals surface area contributed by atoms with E-state index in [0.717, 1.165) is 56.9 Å². The van der Waals surface area contributed by atoms with Gasteiger partial charge in [-0.1, -0.05) is 72.6 Å². The molecule has 4 aromatic rings. The van der Waals surface area contributed by atoms with Crippen LogP contribution in [0.3, 0.4) is 0 Å². The van der Waals surface area contributed by atoms with E-state index in [1.807, 2.05) is 54.6 Å². The van der Waals surface area contributed by atoms with E-state index in [-0.39, 0.29) is 0 Å². The van der Waals surface area contributed by atoms with Gasteiger partial charge in [-0.3, -0.25) is 0 Å². The van der Waals surface area contributed by atoms with Gasteiger partial charge >= 0.3 is 5.97 Å². The van der Waals surface area contributed by atoms with E-state index in [9.17, 15) is 4.79 Å². The summed E-state index contributed by atoms with van der Waals surface area (Å²) in [5, 5.41) is 11.3. The second-order valence-corrected chi connectivity index (χ2v) is 8.24. The Hall–Kier alpha value is -3.27. The van der Waals surface area contributed by atoms with Crippen molar-refractivity contribution in [2.75, 3.05) is 0 Å². The van der Waals surface area contributed by atoms with Crippen molar-refractivity contribution in [3.8, 4) is 0 Å². The third-order valence-electron chi connectivity index (χ3n) is 5.33. The van der Waals surface area contributed by atoms with Crippen LogP contribution in [0.1, 0.15) is 35.7 Å². The Balaban J connectivity index is 1.95. The number of fused-ring (bicyclic) bond motifs is 1. The molecular formula is C27H21Cl2NO2. The Morgan fingerprint density at radius 2 is 1.75 bits per heavy atom. The first-order valence-corrected chi connectivity index (χ1v) is 11.0. The Morgan fingerprint density at radius 3 is 2.44 bits per heavy atom. The van der Waals surface area contributed by atoms with Crippen molar-refractivity contribution >= 4 is 57.3 Å². The molecule has 32 heavy (non-hydrogen) atoms. The molecule has 3 nitrogen and oxygen atoms in total. The number of carbonyl (C=O) groups is 1. The lowest BCUT2D eigenvalue weighted by molar-refractivity contribution is -0.131. The van der Waals surface area contributed by atoms with Crippen molar-refractivity contribution in [2.24, 2.45) is 0 Å². The fourth-order valence-electron chi connectivity index (χ4n) is 3.86. The van der Waals surface area contributed by atoms with E-state index >= 15 is 0 Å². The quantitative estimate of drug-likeness (QED) is 0.226. The van der Waals surface area contributed by atoms with Crippen molar-refractivity contribution < 1.29 is 9.90 Å². The second-order valence-electron chi connectivity index (χ2n) is 7.40. The van der Waals surface area contributed by atoms with Crippen LogP contribution in [0.15, 0.2) is 78.9 Å². The van der Waals surface area contributed by atoms with E-state index in [1.165, 1.54) is 0 Å². The number of rotatable bonds is 6. The Bertz CT molecular complexity index is 1310. The minimum absolute atomic E-state index is 0.625. The van der Waals surface area contributed by atoms with Crippen molar-refractivity contribution in [1.29, 1.82) is 0 Å². The van der Waals surface area contributed by atoms with Gasteiger partial charge in [-0.15, -0.1) is 0 Å². The van der Waals surface area contributed by atoms with Gasteiger partial charge in [0.15, 0.2) is 0 Å². The Labute approximate surface area is 196 Å². The highest BCUT2D eigenvalue weighted by Gasteiger charge is 2.17. The fourth-order valence-corrected chi connectivity index (χ4v) is 4.26. The van der Waals surface area contributed by atoms with Gasteiger partial charge in [0.25, 0.3) is 0 Å². The van der Waals surface area contributed by atoms with Gasteiger partial charge in [-0.25, -0.2) is 4.79 Å². The van der Waals surface area contributed by atoms with Crippen LogP contribution < -0.4 is 0 Å². The normalized spacial score (nSPS) is 12.3. The number of carboxylic acid groups (broad SMARTS) is 1. The maximum atomic E-state index is 10.8. The Kier molecular flexibility index (Phi) is 6.50. The van der Waals surface area contributed by atoms with Gasteiger partial charge in [0, 0.05) is 38.3 Å². The number of allylic oxidation sites excluding steroid dienone is 1. The van der Waals surface area contributed by atoms with Crippen LogP contribution in [0.5, 0.6) is 0 Å². The summed E-state index contributed by atoms with van der Waals surface area (Å²) >= 11 is 12.9. The summed E-state index contributed by atoms with van der Waals surface area (Å²) in [5.74, 6) is -0.975. The molecule has 0 unspecified atom stereocenters. The van der Waals surface area contributed by atoms with E-state index in [4.69, 9.17) is 28.3 Å². The van der Waals surface area contributed by atoms with Gasteiger partial charge in [0.2, 0.25) is 0 Å². The number of benzene rings is 3. The lowest BCUT2D eigenvalue weighted by Gasteiger charge is -2.16. The zero-order chi connectivity index (χ0) is 22.7. The number of H-pyrrole nitrogens is 1. The molecule has 160 valence electrons. The maximum absolute atomic E-state index is 10.8. The molecule has 0 saturated heterocycles. The first kappa shape index (κ1) is 21.9. The molecule has 0 aliphatic carbocycles. The van der Waals surface area contributed by atoms with Crippen molar-refractivity contribution in [3.63, 3.8) is 0 Å². The van der Waals surface area contributed by atoms with Crippen LogP contribution >= 0.6 is 23.2 Å². The van der Waals surface area contributed by atoms with E-state index in [0.29, 0.717) is 10.0 Å². The third kappa shape index (κ3) is 4.64. The standard InChI is InChI=1S/C27H21Cl2NO2/c1-2-21(22-16-20(28)12-13-23(22)29)27(25-15-19-5-3-4-6-24(19)30-25)18-10-7-17(8-11-18)9-14-26(31)32/h3-16,30H,2H2,1H3,(H,31,32)/b14-9+,27-21+. The van der Waals surface area contributed by atoms with Gasteiger partial charge in [0.1, 0.15) is 0 Å². The first-order chi connectivity index (χ1) is 15.5. The smallest absolute Gasteiger partial charge is 0.328 e. The zero-order valence-corrected chi connectivity index (χ0v) is 18.9. The predicted octanol–water partition coefficient (Wildman–Crippen LogP) is 7.94. The molecule has 0 spiro atoms. The summed E-state index contributed by atoms with van der Waals surface area (Å²) in [6.07, 6.45) is 3.45. The number of hydrogen-bond acceptors (Lipinski definition) is 1. The highest BCUT2D eigenvalue weighted by atomic mass is 35.5. The number of halogens is 2. The van der Waals surface area contributed by atoms with Crippen LogP contribution in [-0.4, -0.2) is 16.1 Å². The minimum Gasteiger partial charge on any atom is -0.478 e. The molecule has 0 atom stereocenters. The first-order valence-electron chi connectivity index (χ1n) is 10.2. The number of carboxylic acids is 1. The number of para-hydroxylation sites is 1. The molecule has 0 bridgehead atoms. The summed E-state index contributed by atoms with van der Waals surface area (Å²) in [6.45, 7) is 2.10. The lowest BCUT2D eigenvalue weighted by atomic mass is 9.90. The van der Waals surface area contributed by atoms with Crippen molar-refractivity contribution in [1.82, 2.24) is 4.98 Å². The number of nitrogens with one attached hydrogen (secondary N) is 1. The van der Waals surface area contributed by atoms with E-state index in [1.54, 1.807) is 12.1 Å². The SMILES string of the molecule is CC/C(=C(/c1ccc(/C=C/C(=O)O)cc1)c1cc2ccccc2[nH]1)c1cc(Cl)ccc1Cl. The average Bonchev–Trinajstić information content (AvgIpc) is 3.22. The molecule has 1 aromatic heterocycles. The minimum atomic E-state index is -0.975. The molecule has 0 radical (unpaired) electrons. The largest absolute Gasteiger partial charge is 0.478 e. The van der Waals surface area contributed by atoms with E-state index < -0.39 is 5.97 Å². The van der Waals surface area contributed by atoms with Gasteiger partial charge in [-0.2, -0.15) is 0 Å². The van der Waals surface area contributed by atoms with Crippen LogP contribution in [0.4, 0.5) is 0 Å². The maximum Gasteiger partial charge on any atom is 0.328 e. The Morgan fingerprint density at radius 1 is 1.00 bits per heavy atom. The van der Waals surface area contributed by atoms with Crippen LogP contribution in [0.25, 0.3) is 28.1 Å². The highest BCUT2D eigenvalue weighted by Crippen LogP contribution is 2.38. The molecule has 0 aliphatic rings. The number of aromatic amines is 1. The molecule has 5 heteroatoms. The van der Waals surface area contributed by atoms with Crippen molar-refractivity contribution in [2.45, 2.75) is 13.3 Å². The summed E-state index contributed by atoms with van der Waals surface area (Å²) in [5.41, 5.74) is 6.83. The molecule has 0 aliphatic heterocycles. The summed E-state index contributed by atoms with van der Waals surface area (Å²) in [6, 6.07) is 23.6. The number of hydrogen-bond donors (Lipinski definition) is 2. The summed E-state index contributed by atoms with van der Waals surface area (Å²) < 4.78 is 0. The van der Waals surface area contributed by atoms with Gasteiger partial charge in [0.05, 0.1) is 0 Å². The molecule has 0 fully saturated rings. The number of aromatic nitrogens is 1. The van der Waals surface area contributed by atoms with Crippen LogP contribution in [0.2, 0.25) is 10.0 Å². The van der Waals surface area contributed by atoms with Crippen LogP contribution in [0, 0.1) is 0 Å².